The molecular formula is C17H17N3O5. The summed E-state index contributed by atoms with van der Waals surface area (Å²) < 4.78 is 10.2. The Morgan fingerprint density at radius 2 is 1.60 bits per heavy atom. The van der Waals surface area contributed by atoms with Crippen LogP contribution >= 0.6 is 0 Å². The molecule has 0 saturated heterocycles. The minimum absolute atomic E-state index is 0.0101. The lowest BCUT2D eigenvalue weighted by molar-refractivity contribution is -0.384. The Morgan fingerprint density at radius 3 is 2.08 bits per heavy atom. The lowest BCUT2D eigenvalue weighted by Crippen LogP contribution is -2.19. The van der Waals surface area contributed by atoms with Gasteiger partial charge in [0.1, 0.15) is 11.5 Å². The number of non-ortho nitro benzene ring substituents is 1. The molecule has 25 heavy (non-hydrogen) atoms. The zero-order valence-corrected chi connectivity index (χ0v) is 14.0. The minimum Gasteiger partial charge on any atom is -0.497 e. The number of methoxy groups -OCH3 is 2. The highest BCUT2D eigenvalue weighted by atomic mass is 16.6. The van der Waals surface area contributed by atoms with Crippen molar-refractivity contribution < 1.29 is 19.2 Å². The van der Waals surface area contributed by atoms with Gasteiger partial charge in [0.15, 0.2) is 0 Å². The number of nitro benzene ring substituents is 1. The number of nitrogens with one attached hydrogen (secondary N) is 1. The van der Waals surface area contributed by atoms with Crippen LogP contribution in [0.1, 0.15) is 22.8 Å². The quantitative estimate of drug-likeness (QED) is 0.493. The predicted octanol–water partition coefficient (Wildman–Crippen LogP) is 2.77. The summed E-state index contributed by atoms with van der Waals surface area (Å²) in [6, 6.07) is 10.7. The van der Waals surface area contributed by atoms with Crippen LogP contribution in [0.4, 0.5) is 5.69 Å². The van der Waals surface area contributed by atoms with Gasteiger partial charge in [-0.05, 0) is 36.8 Å². The predicted molar refractivity (Wildman–Crippen MR) is 92.3 cm³/mol. The number of hydrogen-bond donors (Lipinski definition) is 1. The third kappa shape index (κ3) is 4.54. The molecule has 130 valence electrons. The number of benzene rings is 2. The number of ether oxygens (including phenoxy) is 2. The van der Waals surface area contributed by atoms with E-state index in [0.717, 1.165) is 0 Å². The van der Waals surface area contributed by atoms with E-state index in [4.69, 9.17) is 9.47 Å². The molecule has 0 fully saturated rings. The van der Waals surface area contributed by atoms with Crippen LogP contribution in [-0.2, 0) is 0 Å². The van der Waals surface area contributed by atoms with Crippen molar-refractivity contribution in [2.24, 2.45) is 5.10 Å². The second kappa shape index (κ2) is 7.91. The second-order valence-electron chi connectivity index (χ2n) is 5.04. The highest BCUT2D eigenvalue weighted by molar-refractivity contribution is 6.01. The number of amides is 1. The van der Waals surface area contributed by atoms with Crippen molar-refractivity contribution >= 4 is 17.3 Å². The molecule has 2 aromatic carbocycles. The molecule has 0 heterocycles. The number of hydrogen-bond acceptors (Lipinski definition) is 6. The van der Waals surface area contributed by atoms with Crippen molar-refractivity contribution in [3.8, 4) is 11.5 Å². The summed E-state index contributed by atoms with van der Waals surface area (Å²) in [4.78, 5) is 22.4. The summed E-state index contributed by atoms with van der Waals surface area (Å²) in [5.74, 6) is 0.541. The molecule has 0 aliphatic rings. The van der Waals surface area contributed by atoms with Gasteiger partial charge < -0.3 is 9.47 Å². The number of carbonyl (C=O) groups is 1. The van der Waals surface area contributed by atoms with Crippen LogP contribution in [0.3, 0.4) is 0 Å². The summed E-state index contributed by atoms with van der Waals surface area (Å²) in [5.41, 5.74) is 3.93. The Morgan fingerprint density at radius 1 is 1.04 bits per heavy atom. The Balaban J connectivity index is 2.14. The summed E-state index contributed by atoms with van der Waals surface area (Å²) in [6.45, 7) is 1.69. The SMILES string of the molecule is COc1cc(OC)cc(C(=O)N/N=C(/C)c2ccc([N+](=O)[O-])cc2)c1. The smallest absolute Gasteiger partial charge is 0.271 e. The van der Waals surface area contributed by atoms with Crippen molar-refractivity contribution in [1.29, 1.82) is 0 Å². The zero-order chi connectivity index (χ0) is 18.4. The normalized spacial score (nSPS) is 10.9. The first-order valence-corrected chi connectivity index (χ1v) is 7.27. The molecule has 8 nitrogen and oxygen atoms in total. The molecule has 0 saturated carbocycles. The molecule has 1 N–H and O–H groups in total. The molecule has 0 aliphatic heterocycles. The van der Waals surface area contributed by atoms with E-state index in [1.165, 1.54) is 26.4 Å². The van der Waals surface area contributed by atoms with Crippen LogP contribution < -0.4 is 14.9 Å². The molecule has 0 aliphatic carbocycles. The van der Waals surface area contributed by atoms with Crippen molar-refractivity contribution in [2.45, 2.75) is 6.92 Å². The molecule has 0 bridgehead atoms. The highest BCUT2D eigenvalue weighted by Crippen LogP contribution is 2.22. The molecule has 1 amide bonds. The van der Waals surface area contributed by atoms with E-state index in [-0.39, 0.29) is 5.69 Å². The maximum Gasteiger partial charge on any atom is 0.271 e. The maximum absolute atomic E-state index is 12.2. The fourth-order valence-electron chi connectivity index (χ4n) is 2.03. The van der Waals surface area contributed by atoms with Gasteiger partial charge in [0, 0.05) is 23.8 Å². The van der Waals surface area contributed by atoms with E-state index >= 15 is 0 Å². The van der Waals surface area contributed by atoms with Gasteiger partial charge in [-0.2, -0.15) is 5.10 Å². The molecule has 0 radical (unpaired) electrons. The zero-order valence-electron chi connectivity index (χ0n) is 14.0. The second-order valence-corrected chi connectivity index (χ2v) is 5.04. The molecule has 0 aromatic heterocycles. The van der Waals surface area contributed by atoms with E-state index in [1.807, 2.05) is 0 Å². The molecule has 8 heteroatoms. The monoisotopic (exact) mass is 343 g/mol. The summed E-state index contributed by atoms with van der Waals surface area (Å²) in [5, 5.41) is 14.7. The largest absolute Gasteiger partial charge is 0.497 e. The van der Waals surface area contributed by atoms with Crippen molar-refractivity contribution in [1.82, 2.24) is 5.43 Å². The molecular weight excluding hydrogens is 326 g/mol. The Kier molecular flexibility index (Phi) is 5.67. The highest BCUT2D eigenvalue weighted by Gasteiger charge is 2.10. The molecule has 2 aromatic rings. The molecule has 0 unspecified atom stereocenters. The van der Waals surface area contributed by atoms with Gasteiger partial charge in [0.25, 0.3) is 11.6 Å². The topological polar surface area (TPSA) is 103 Å². The molecule has 2 rings (SSSR count). The van der Waals surface area contributed by atoms with Gasteiger partial charge >= 0.3 is 0 Å². The van der Waals surface area contributed by atoms with Crippen LogP contribution in [-0.4, -0.2) is 30.8 Å². The van der Waals surface area contributed by atoms with Crippen molar-refractivity contribution in [3.05, 3.63) is 63.7 Å². The average molecular weight is 343 g/mol. The van der Waals surface area contributed by atoms with Crippen LogP contribution in [0, 0.1) is 10.1 Å². The van der Waals surface area contributed by atoms with Crippen LogP contribution in [0.2, 0.25) is 0 Å². The van der Waals surface area contributed by atoms with Gasteiger partial charge in [0.2, 0.25) is 0 Å². The lowest BCUT2D eigenvalue weighted by atomic mass is 10.1. The third-order valence-corrected chi connectivity index (χ3v) is 3.43. The first-order chi connectivity index (χ1) is 11.9. The van der Waals surface area contributed by atoms with E-state index in [0.29, 0.717) is 28.3 Å². The minimum atomic E-state index is -0.478. The summed E-state index contributed by atoms with van der Waals surface area (Å²) >= 11 is 0. The fourth-order valence-corrected chi connectivity index (χ4v) is 2.03. The summed E-state index contributed by atoms with van der Waals surface area (Å²) in [7, 11) is 2.99. The van der Waals surface area contributed by atoms with E-state index < -0.39 is 10.8 Å². The van der Waals surface area contributed by atoms with E-state index in [2.05, 4.69) is 10.5 Å². The number of hydrazone groups is 1. The van der Waals surface area contributed by atoms with Gasteiger partial charge in [-0.1, -0.05) is 0 Å². The average Bonchev–Trinajstić information content (AvgIpc) is 2.65. The number of nitrogens with zero attached hydrogens (tertiary/aromatic N) is 2. The summed E-state index contributed by atoms with van der Waals surface area (Å²) in [6.07, 6.45) is 0. The first kappa shape index (κ1) is 17.9. The Labute approximate surface area is 144 Å². The maximum atomic E-state index is 12.2. The number of carbonyl (C=O) groups excluding carboxylic acids is 1. The van der Waals surface area contributed by atoms with Crippen LogP contribution in [0.25, 0.3) is 0 Å². The Hall–Kier alpha value is -3.42. The van der Waals surface area contributed by atoms with Gasteiger partial charge in [-0.3, -0.25) is 14.9 Å². The van der Waals surface area contributed by atoms with Crippen LogP contribution in [0.5, 0.6) is 11.5 Å². The van der Waals surface area contributed by atoms with E-state index in [1.54, 1.807) is 37.3 Å². The van der Waals surface area contributed by atoms with E-state index in [9.17, 15) is 14.9 Å². The number of nitro groups is 1. The third-order valence-electron chi connectivity index (χ3n) is 3.43. The van der Waals surface area contributed by atoms with Gasteiger partial charge in [-0.25, -0.2) is 5.43 Å². The molecule has 0 spiro atoms. The van der Waals surface area contributed by atoms with Gasteiger partial charge in [-0.15, -0.1) is 0 Å². The first-order valence-electron chi connectivity index (χ1n) is 7.27. The standard InChI is InChI=1S/C17H17N3O5/c1-11(12-4-6-14(7-5-12)20(22)23)18-19-17(21)13-8-15(24-2)10-16(9-13)25-3/h4-10H,1-3H3,(H,19,21)/b18-11-. The molecule has 0 atom stereocenters. The van der Waals surface area contributed by atoms with Gasteiger partial charge in [0.05, 0.1) is 24.9 Å². The Bertz CT molecular complexity index is 793. The number of rotatable bonds is 6. The van der Waals surface area contributed by atoms with Crippen LogP contribution in [0.15, 0.2) is 47.6 Å². The lowest BCUT2D eigenvalue weighted by Gasteiger charge is -2.08. The fraction of sp³-hybridized carbons (Fsp3) is 0.176. The van der Waals surface area contributed by atoms with Crippen molar-refractivity contribution in [2.75, 3.05) is 14.2 Å². The van der Waals surface area contributed by atoms with Crippen molar-refractivity contribution in [3.63, 3.8) is 0 Å².